The number of carbonyl (C=O) groups excluding carboxylic acids is 2. The number of rotatable bonds is 5. The summed E-state index contributed by atoms with van der Waals surface area (Å²) in [5.74, 6) is -0.365. The number of carbonyl (C=O) groups is 2. The highest BCUT2D eigenvalue weighted by atomic mass is 79.9. The van der Waals surface area contributed by atoms with E-state index in [1.165, 1.54) is 11.8 Å². The molecule has 1 aliphatic heterocycles. The van der Waals surface area contributed by atoms with Crippen molar-refractivity contribution >= 4 is 39.5 Å². The lowest BCUT2D eigenvalue weighted by atomic mass is 10.2. The molecule has 142 valence electrons. The second kappa shape index (κ2) is 9.34. The molecule has 1 saturated heterocycles. The minimum atomic E-state index is -0.598. The van der Waals surface area contributed by atoms with Crippen LogP contribution in [0.1, 0.15) is 17.3 Å². The number of amides is 2. The monoisotopic (exact) mass is 449 g/mol. The molecule has 2 aromatic rings. The quantitative estimate of drug-likeness (QED) is 0.759. The Morgan fingerprint density at radius 1 is 1.22 bits per heavy atom. The standard InChI is InChI=1S/C19H20BrN3O3S/c1-13(19(25)23-8-10-26-11-9-23)22-18(24)15-4-2-3-5-16(15)27-17-7-6-14(20)12-21-17/h2-7,12-13H,8-11H2,1H3,(H,22,24). The van der Waals surface area contributed by atoms with Gasteiger partial charge in [-0.15, -0.1) is 0 Å². The first-order valence-electron chi connectivity index (χ1n) is 8.60. The van der Waals surface area contributed by atoms with Gasteiger partial charge in [-0.2, -0.15) is 0 Å². The van der Waals surface area contributed by atoms with Crippen molar-refractivity contribution in [2.75, 3.05) is 26.3 Å². The van der Waals surface area contributed by atoms with Crippen molar-refractivity contribution in [3.05, 3.63) is 52.6 Å². The van der Waals surface area contributed by atoms with Crippen molar-refractivity contribution < 1.29 is 14.3 Å². The number of aromatic nitrogens is 1. The summed E-state index contributed by atoms with van der Waals surface area (Å²) in [7, 11) is 0. The molecule has 2 heterocycles. The maximum Gasteiger partial charge on any atom is 0.253 e. The van der Waals surface area contributed by atoms with Gasteiger partial charge in [-0.1, -0.05) is 23.9 Å². The number of nitrogens with one attached hydrogen (secondary N) is 1. The third kappa shape index (κ3) is 5.31. The van der Waals surface area contributed by atoms with Crippen LogP contribution in [0.2, 0.25) is 0 Å². The Balaban J connectivity index is 1.69. The summed E-state index contributed by atoms with van der Waals surface area (Å²) in [5.41, 5.74) is 0.522. The van der Waals surface area contributed by atoms with Crippen molar-refractivity contribution in [3.8, 4) is 0 Å². The maximum atomic E-state index is 12.8. The van der Waals surface area contributed by atoms with E-state index in [0.717, 1.165) is 14.4 Å². The summed E-state index contributed by atoms with van der Waals surface area (Å²) in [5, 5.41) is 3.60. The molecule has 27 heavy (non-hydrogen) atoms. The van der Waals surface area contributed by atoms with E-state index in [2.05, 4.69) is 26.2 Å². The molecule has 1 unspecified atom stereocenters. The van der Waals surface area contributed by atoms with Crippen LogP contribution in [0.3, 0.4) is 0 Å². The van der Waals surface area contributed by atoms with Crippen LogP contribution in [0, 0.1) is 0 Å². The van der Waals surface area contributed by atoms with Crippen molar-refractivity contribution in [3.63, 3.8) is 0 Å². The lowest BCUT2D eigenvalue weighted by molar-refractivity contribution is -0.136. The lowest BCUT2D eigenvalue weighted by Crippen LogP contribution is -2.50. The van der Waals surface area contributed by atoms with Crippen LogP contribution in [0.25, 0.3) is 0 Å². The highest BCUT2D eigenvalue weighted by Gasteiger charge is 2.24. The molecule has 6 nitrogen and oxygen atoms in total. The van der Waals surface area contributed by atoms with Gasteiger partial charge in [0.15, 0.2) is 0 Å². The first-order valence-corrected chi connectivity index (χ1v) is 10.2. The largest absolute Gasteiger partial charge is 0.378 e. The minimum absolute atomic E-state index is 0.0913. The van der Waals surface area contributed by atoms with Crippen LogP contribution in [0.4, 0.5) is 0 Å². The molecule has 8 heteroatoms. The van der Waals surface area contributed by atoms with Gasteiger partial charge in [0.25, 0.3) is 5.91 Å². The number of halogens is 1. The Hall–Kier alpha value is -1.90. The molecule has 0 spiro atoms. The molecule has 0 radical (unpaired) electrons. The second-order valence-electron chi connectivity index (χ2n) is 6.05. The summed E-state index contributed by atoms with van der Waals surface area (Å²) in [6.07, 6.45) is 1.72. The van der Waals surface area contributed by atoms with Crippen molar-refractivity contribution in [1.29, 1.82) is 0 Å². The van der Waals surface area contributed by atoms with Gasteiger partial charge in [0.05, 0.1) is 18.8 Å². The topological polar surface area (TPSA) is 71.5 Å². The molecule has 1 aromatic heterocycles. The number of nitrogens with zero attached hydrogens (tertiary/aromatic N) is 2. The van der Waals surface area contributed by atoms with E-state index in [9.17, 15) is 9.59 Å². The third-order valence-corrected chi connectivity index (χ3v) is 5.58. The fourth-order valence-electron chi connectivity index (χ4n) is 2.67. The molecule has 0 aliphatic carbocycles. The molecule has 0 saturated carbocycles. The molecular weight excluding hydrogens is 430 g/mol. The Bertz CT molecular complexity index is 810. The van der Waals surface area contributed by atoms with Crippen LogP contribution in [-0.2, 0) is 9.53 Å². The second-order valence-corrected chi connectivity index (χ2v) is 8.02. The molecule has 1 aliphatic rings. The fourth-order valence-corrected chi connectivity index (χ4v) is 3.79. The van der Waals surface area contributed by atoms with Crippen LogP contribution >= 0.6 is 27.7 Å². The Labute approximate surface area is 170 Å². The summed E-state index contributed by atoms with van der Waals surface area (Å²) in [4.78, 5) is 32.1. The Morgan fingerprint density at radius 2 is 1.96 bits per heavy atom. The molecule has 2 amide bonds. The van der Waals surface area contributed by atoms with Gasteiger partial charge in [0.2, 0.25) is 5.91 Å². The van der Waals surface area contributed by atoms with Crippen LogP contribution in [0.5, 0.6) is 0 Å². The van der Waals surface area contributed by atoms with E-state index in [1.807, 2.05) is 30.3 Å². The zero-order valence-electron chi connectivity index (χ0n) is 14.9. The van der Waals surface area contributed by atoms with E-state index < -0.39 is 6.04 Å². The van der Waals surface area contributed by atoms with Gasteiger partial charge in [-0.25, -0.2) is 4.98 Å². The normalized spacial score (nSPS) is 15.3. The van der Waals surface area contributed by atoms with Gasteiger partial charge in [-0.05, 0) is 47.1 Å². The zero-order valence-corrected chi connectivity index (χ0v) is 17.3. The third-order valence-electron chi connectivity index (χ3n) is 4.09. The Morgan fingerprint density at radius 3 is 2.67 bits per heavy atom. The van der Waals surface area contributed by atoms with Gasteiger partial charge < -0.3 is 15.0 Å². The fraction of sp³-hybridized carbons (Fsp3) is 0.316. The first kappa shape index (κ1) is 19.9. The smallest absolute Gasteiger partial charge is 0.253 e. The minimum Gasteiger partial charge on any atom is -0.378 e. The van der Waals surface area contributed by atoms with Crippen LogP contribution in [-0.4, -0.2) is 54.0 Å². The van der Waals surface area contributed by atoms with Crippen molar-refractivity contribution in [2.24, 2.45) is 0 Å². The van der Waals surface area contributed by atoms with E-state index in [-0.39, 0.29) is 11.8 Å². The highest BCUT2D eigenvalue weighted by molar-refractivity contribution is 9.10. The predicted molar refractivity (Wildman–Crippen MR) is 107 cm³/mol. The highest BCUT2D eigenvalue weighted by Crippen LogP contribution is 2.29. The zero-order chi connectivity index (χ0) is 19.2. The summed E-state index contributed by atoms with van der Waals surface area (Å²) < 4.78 is 6.16. The average Bonchev–Trinajstić information content (AvgIpc) is 2.70. The molecule has 1 aromatic carbocycles. The average molecular weight is 450 g/mol. The maximum absolute atomic E-state index is 12.8. The SMILES string of the molecule is CC(NC(=O)c1ccccc1Sc1ccc(Br)cn1)C(=O)N1CCOCC1. The summed E-state index contributed by atoms with van der Waals surface area (Å²) in [6, 6.07) is 10.5. The first-order chi connectivity index (χ1) is 13.0. The summed E-state index contributed by atoms with van der Waals surface area (Å²) in [6.45, 7) is 3.89. The number of morpholine rings is 1. The Kier molecular flexibility index (Phi) is 6.87. The van der Waals surface area contributed by atoms with Gasteiger partial charge in [0, 0.05) is 28.7 Å². The van der Waals surface area contributed by atoms with Gasteiger partial charge >= 0.3 is 0 Å². The van der Waals surface area contributed by atoms with Gasteiger partial charge in [-0.3, -0.25) is 9.59 Å². The molecule has 1 fully saturated rings. The van der Waals surface area contributed by atoms with Crippen LogP contribution in [0.15, 0.2) is 57.0 Å². The molecular formula is C19H20BrN3O3S. The van der Waals surface area contributed by atoms with Crippen molar-refractivity contribution in [1.82, 2.24) is 15.2 Å². The molecule has 0 bridgehead atoms. The lowest BCUT2D eigenvalue weighted by Gasteiger charge is -2.29. The van der Waals surface area contributed by atoms with E-state index in [1.54, 1.807) is 24.1 Å². The molecule has 1 N–H and O–H groups in total. The predicted octanol–water partition coefficient (Wildman–Crippen LogP) is 2.97. The van der Waals surface area contributed by atoms with E-state index >= 15 is 0 Å². The number of hydrogen-bond acceptors (Lipinski definition) is 5. The molecule has 1 atom stereocenters. The number of ether oxygens (including phenoxy) is 1. The number of benzene rings is 1. The molecule has 3 rings (SSSR count). The van der Waals surface area contributed by atoms with Crippen molar-refractivity contribution in [2.45, 2.75) is 22.9 Å². The number of pyridine rings is 1. The number of hydrogen-bond donors (Lipinski definition) is 1. The van der Waals surface area contributed by atoms with E-state index in [0.29, 0.717) is 31.9 Å². The van der Waals surface area contributed by atoms with E-state index in [4.69, 9.17) is 4.74 Å². The van der Waals surface area contributed by atoms with Gasteiger partial charge in [0.1, 0.15) is 11.1 Å². The van der Waals surface area contributed by atoms with Crippen LogP contribution < -0.4 is 5.32 Å². The summed E-state index contributed by atoms with van der Waals surface area (Å²) >= 11 is 4.77.